The maximum absolute atomic E-state index is 13.1. The first-order valence-electron chi connectivity index (χ1n) is 7.15. The third kappa shape index (κ3) is 3.71. The molecule has 1 saturated heterocycles. The van der Waals surface area contributed by atoms with Crippen LogP contribution in [0.5, 0.6) is 0 Å². The molecule has 1 aromatic carbocycles. The lowest BCUT2D eigenvalue weighted by Crippen LogP contribution is -2.39. The highest BCUT2D eigenvalue weighted by Gasteiger charge is 2.38. The largest absolute Gasteiger partial charge is 0.325 e. The van der Waals surface area contributed by atoms with E-state index in [2.05, 4.69) is 10.6 Å². The summed E-state index contributed by atoms with van der Waals surface area (Å²) in [6.07, 6.45) is 5.53. The molecule has 1 amide bonds. The first kappa shape index (κ1) is 16.2. The molecule has 1 aromatic rings. The van der Waals surface area contributed by atoms with Crippen LogP contribution in [0.4, 0.5) is 14.5 Å². The fraction of sp³-hybridized carbons (Fsp3) is 0.533. The van der Waals surface area contributed by atoms with E-state index >= 15 is 0 Å². The summed E-state index contributed by atoms with van der Waals surface area (Å²) in [6, 6.07) is 3.21. The lowest BCUT2D eigenvalue weighted by Gasteiger charge is -2.24. The van der Waals surface area contributed by atoms with Gasteiger partial charge in [0.05, 0.1) is 6.04 Å². The van der Waals surface area contributed by atoms with E-state index in [0.29, 0.717) is 12.0 Å². The molecule has 116 valence electrons. The number of halogens is 3. The Kier molecular flexibility index (Phi) is 5.17. The number of fused-ring (bicyclic) bond motifs is 1. The molecule has 3 rings (SSSR count). The average Bonchev–Trinajstić information content (AvgIpc) is 2.81. The van der Waals surface area contributed by atoms with Gasteiger partial charge in [0.2, 0.25) is 5.91 Å². The molecule has 0 radical (unpaired) electrons. The Morgan fingerprint density at radius 3 is 2.48 bits per heavy atom. The Labute approximate surface area is 128 Å². The molecular weight excluding hydrogens is 298 g/mol. The molecule has 0 bridgehead atoms. The maximum Gasteiger partial charge on any atom is 0.241 e. The summed E-state index contributed by atoms with van der Waals surface area (Å²) in [6.45, 7) is 0. The molecule has 2 aliphatic rings. The monoisotopic (exact) mass is 316 g/mol. The smallest absolute Gasteiger partial charge is 0.241 e. The molecule has 1 aliphatic carbocycles. The summed E-state index contributed by atoms with van der Waals surface area (Å²) >= 11 is 0. The predicted molar refractivity (Wildman–Crippen MR) is 79.5 cm³/mol. The van der Waals surface area contributed by atoms with E-state index in [1.807, 2.05) is 0 Å². The molecule has 2 fully saturated rings. The van der Waals surface area contributed by atoms with Crippen LogP contribution in [0.15, 0.2) is 18.2 Å². The summed E-state index contributed by atoms with van der Waals surface area (Å²) < 4.78 is 26.2. The number of anilines is 1. The van der Waals surface area contributed by atoms with Gasteiger partial charge in [-0.05, 0) is 37.3 Å². The molecule has 21 heavy (non-hydrogen) atoms. The molecule has 3 nitrogen and oxygen atoms in total. The van der Waals surface area contributed by atoms with Crippen LogP contribution in [0.25, 0.3) is 0 Å². The van der Waals surface area contributed by atoms with E-state index in [4.69, 9.17) is 0 Å². The van der Waals surface area contributed by atoms with Crippen LogP contribution in [0.1, 0.15) is 32.1 Å². The van der Waals surface area contributed by atoms with Crippen molar-refractivity contribution >= 4 is 24.0 Å². The van der Waals surface area contributed by atoms with Crippen molar-refractivity contribution in [2.24, 2.45) is 5.92 Å². The number of rotatable bonds is 2. The Hall–Kier alpha value is -1.20. The minimum absolute atomic E-state index is 0. The first-order chi connectivity index (χ1) is 9.61. The third-order valence-electron chi connectivity index (χ3n) is 4.31. The van der Waals surface area contributed by atoms with Gasteiger partial charge in [0.1, 0.15) is 11.6 Å². The highest BCUT2D eigenvalue weighted by atomic mass is 35.5. The van der Waals surface area contributed by atoms with Crippen LogP contribution in [-0.4, -0.2) is 18.0 Å². The Morgan fingerprint density at radius 2 is 1.81 bits per heavy atom. The molecule has 0 spiro atoms. The summed E-state index contributed by atoms with van der Waals surface area (Å²) in [7, 11) is 0. The van der Waals surface area contributed by atoms with Gasteiger partial charge in [-0.2, -0.15) is 0 Å². The van der Waals surface area contributed by atoms with Crippen LogP contribution in [0.3, 0.4) is 0 Å². The van der Waals surface area contributed by atoms with Gasteiger partial charge in [-0.25, -0.2) is 8.78 Å². The Bertz CT molecular complexity index is 492. The summed E-state index contributed by atoms with van der Waals surface area (Å²) in [5.74, 6) is -1.02. The zero-order valence-corrected chi connectivity index (χ0v) is 12.4. The van der Waals surface area contributed by atoms with Crippen molar-refractivity contribution in [3.8, 4) is 0 Å². The van der Waals surface area contributed by atoms with E-state index < -0.39 is 11.6 Å². The van der Waals surface area contributed by atoms with E-state index in [1.54, 1.807) is 0 Å². The molecule has 3 atom stereocenters. The van der Waals surface area contributed by atoms with Gasteiger partial charge in [0.25, 0.3) is 0 Å². The minimum atomic E-state index is -0.687. The van der Waals surface area contributed by atoms with Crippen LogP contribution < -0.4 is 10.6 Å². The van der Waals surface area contributed by atoms with Crippen molar-refractivity contribution < 1.29 is 13.6 Å². The van der Waals surface area contributed by atoms with Crippen molar-refractivity contribution in [1.29, 1.82) is 0 Å². The summed E-state index contributed by atoms with van der Waals surface area (Å²) in [4.78, 5) is 12.2. The number of carbonyl (C=O) groups excluding carboxylic acids is 1. The number of amides is 1. The fourth-order valence-electron chi connectivity index (χ4n) is 3.38. The van der Waals surface area contributed by atoms with E-state index in [0.717, 1.165) is 37.5 Å². The molecule has 1 saturated carbocycles. The quantitative estimate of drug-likeness (QED) is 0.879. The predicted octanol–water partition coefficient (Wildman–Crippen LogP) is 3.25. The molecule has 1 heterocycles. The van der Waals surface area contributed by atoms with Crippen LogP contribution in [-0.2, 0) is 4.79 Å². The van der Waals surface area contributed by atoms with E-state index in [1.165, 1.54) is 12.8 Å². The van der Waals surface area contributed by atoms with Gasteiger partial charge >= 0.3 is 0 Å². The molecule has 1 aliphatic heterocycles. The second kappa shape index (κ2) is 6.71. The molecule has 0 aromatic heterocycles. The fourth-order valence-corrected chi connectivity index (χ4v) is 3.38. The zero-order chi connectivity index (χ0) is 14.1. The minimum Gasteiger partial charge on any atom is -0.325 e. The van der Waals surface area contributed by atoms with Crippen molar-refractivity contribution in [3.05, 3.63) is 29.8 Å². The van der Waals surface area contributed by atoms with Crippen molar-refractivity contribution in [1.82, 2.24) is 5.32 Å². The second-order valence-electron chi connectivity index (χ2n) is 5.75. The number of nitrogens with one attached hydrogen (secondary N) is 2. The SMILES string of the molecule is Cl.O=C(Nc1cc(F)cc(F)c1)C1CC2CCCCC2N1. The summed E-state index contributed by atoms with van der Waals surface area (Å²) in [5, 5.41) is 5.94. The van der Waals surface area contributed by atoms with Crippen molar-refractivity contribution in [2.75, 3.05) is 5.32 Å². The number of benzene rings is 1. The Balaban J connectivity index is 0.00000161. The topological polar surface area (TPSA) is 41.1 Å². The molecule has 6 heteroatoms. The summed E-state index contributed by atoms with van der Waals surface area (Å²) in [5.41, 5.74) is 0.171. The molecule has 3 unspecified atom stereocenters. The Morgan fingerprint density at radius 1 is 1.14 bits per heavy atom. The standard InChI is InChI=1S/C15H18F2N2O.ClH/c16-10-6-11(17)8-12(7-10)18-15(20)14-5-9-3-1-2-4-13(9)19-14;/h6-9,13-14,19H,1-5H2,(H,18,20);1H. The molecule has 2 N–H and O–H groups in total. The third-order valence-corrected chi connectivity index (χ3v) is 4.31. The lowest BCUT2D eigenvalue weighted by molar-refractivity contribution is -0.117. The van der Waals surface area contributed by atoms with Gasteiger partial charge in [0.15, 0.2) is 0 Å². The van der Waals surface area contributed by atoms with E-state index in [9.17, 15) is 13.6 Å². The van der Waals surface area contributed by atoms with Gasteiger partial charge in [0, 0.05) is 17.8 Å². The maximum atomic E-state index is 13.1. The number of carbonyl (C=O) groups is 1. The van der Waals surface area contributed by atoms with Crippen LogP contribution in [0, 0.1) is 17.6 Å². The average molecular weight is 317 g/mol. The highest BCUT2D eigenvalue weighted by molar-refractivity contribution is 5.95. The first-order valence-corrected chi connectivity index (χ1v) is 7.15. The van der Waals surface area contributed by atoms with Crippen molar-refractivity contribution in [2.45, 2.75) is 44.2 Å². The normalized spacial score (nSPS) is 27.6. The van der Waals surface area contributed by atoms with Gasteiger partial charge < -0.3 is 10.6 Å². The highest BCUT2D eigenvalue weighted by Crippen LogP contribution is 2.33. The van der Waals surface area contributed by atoms with Gasteiger partial charge in [-0.15, -0.1) is 12.4 Å². The van der Waals surface area contributed by atoms with Crippen molar-refractivity contribution in [3.63, 3.8) is 0 Å². The molecular formula is C15H19ClF2N2O. The zero-order valence-electron chi connectivity index (χ0n) is 11.6. The number of hydrogen-bond acceptors (Lipinski definition) is 2. The van der Waals surface area contributed by atoms with Gasteiger partial charge in [-0.3, -0.25) is 4.79 Å². The van der Waals surface area contributed by atoms with Crippen LogP contribution >= 0.6 is 12.4 Å². The van der Waals surface area contributed by atoms with E-state index in [-0.39, 0.29) is 30.0 Å². The number of hydrogen-bond donors (Lipinski definition) is 2. The lowest BCUT2D eigenvalue weighted by atomic mass is 9.85. The van der Waals surface area contributed by atoms with Crippen LogP contribution in [0.2, 0.25) is 0 Å². The second-order valence-corrected chi connectivity index (χ2v) is 5.75. The van der Waals surface area contributed by atoms with Gasteiger partial charge in [-0.1, -0.05) is 12.8 Å².